The molecule has 5 heteroatoms. The number of H-pyrrole nitrogens is 1. The number of rotatable bonds is 7. The first-order valence-electron chi connectivity index (χ1n) is 9.82. The van der Waals surface area contributed by atoms with Crippen molar-refractivity contribution in [2.24, 2.45) is 0 Å². The zero-order valence-electron chi connectivity index (χ0n) is 16.6. The maximum Gasteiger partial charge on any atom is 0.255 e. The highest BCUT2D eigenvalue weighted by Crippen LogP contribution is 2.31. The van der Waals surface area contributed by atoms with Crippen molar-refractivity contribution < 1.29 is 9.53 Å². The van der Waals surface area contributed by atoms with Crippen LogP contribution in [-0.2, 0) is 0 Å². The summed E-state index contributed by atoms with van der Waals surface area (Å²) < 4.78 is 5.73. The third-order valence-electron chi connectivity index (χ3n) is 4.89. The molecule has 3 aromatic carbocycles. The molecule has 0 fully saturated rings. The lowest BCUT2D eigenvalue weighted by Crippen LogP contribution is -2.26. The van der Waals surface area contributed by atoms with E-state index in [2.05, 4.69) is 35.4 Å². The van der Waals surface area contributed by atoms with Crippen molar-refractivity contribution in [1.82, 2.24) is 10.3 Å². The average Bonchev–Trinajstić information content (AvgIpc) is 3.06. The fourth-order valence-electron chi connectivity index (χ4n) is 3.60. The fraction of sp³-hybridized carbons (Fsp3) is 0.208. The predicted molar refractivity (Wildman–Crippen MR) is 121 cm³/mol. The molecule has 0 saturated heterocycles. The number of carbonyl (C=O) groups excluding carboxylic acids is 1. The van der Waals surface area contributed by atoms with E-state index in [1.807, 2.05) is 49.4 Å². The van der Waals surface area contributed by atoms with E-state index in [9.17, 15) is 4.79 Å². The highest BCUT2D eigenvalue weighted by Gasteiger charge is 2.16. The number of ether oxygens (including phenoxy) is 1. The van der Waals surface area contributed by atoms with E-state index in [1.165, 1.54) is 10.3 Å². The highest BCUT2D eigenvalue weighted by atomic mass is 32.2. The molecular weight excluding hydrogens is 380 g/mol. The van der Waals surface area contributed by atoms with Crippen molar-refractivity contribution in [2.45, 2.75) is 18.7 Å². The molecule has 4 aromatic rings. The maximum atomic E-state index is 13.0. The van der Waals surface area contributed by atoms with E-state index in [0.29, 0.717) is 24.5 Å². The molecule has 29 heavy (non-hydrogen) atoms. The quantitative estimate of drug-likeness (QED) is 0.314. The van der Waals surface area contributed by atoms with Gasteiger partial charge in [-0.2, -0.15) is 0 Å². The topological polar surface area (TPSA) is 54.1 Å². The molecule has 4 nitrogen and oxygen atoms in total. The van der Waals surface area contributed by atoms with Gasteiger partial charge >= 0.3 is 0 Å². The highest BCUT2D eigenvalue weighted by molar-refractivity contribution is 7.99. The molecule has 0 atom stereocenters. The number of benzene rings is 3. The molecule has 4 rings (SSSR count). The molecule has 0 radical (unpaired) electrons. The van der Waals surface area contributed by atoms with Gasteiger partial charge in [-0.3, -0.25) is 4.79 Å². The molecular formula is C24H24N2O2S. The summed E-state index contributed by atoms with van der Waals surface area (Å²) in [7, 11) is 0. The van der Waals surface area contributed by atoms with E-state index >= 15 is 0 Å². The van der Waals surface area contributed by atoms with Gasteiger partial charge in [0.25, 0.3) is 5.91 Å². The SMILES string of the molecule is CCOc1ccc2ccccc2c1C(=O)NCCSc1c(C)[nH]c2ccccc12. The molecule has 0 saturated carbocycles. The van der Waals surface area contributed by atoms with Crippen LogP contribution in [0, 0.1) is 6.92 Å². The molecule has 1 amide bonds. The van der Waals surface area contributed by atoms with E-state index in [1.54, 1.807) is 11.8 Å². The van der Waals surface area contributed by atoms with Gasteiger partial charge in [0.1, 0.15) is 5.75 Å². The van der Waals surface area contributed by atoms with E-state index in [4.69, 9.17) is 4.74 Å². The Morgan fingerprint density at radius 2 is 1.79 bits per heavy atom. The Morgan fingerprint density at radius 3 is 2.62 bits per heavy atom. The van der Waals surface area contributed by atoms with Gasteiger partial charge in [0, 0.05) is 33.8 Å². The lowest BCUT2D eigenvalue weighted by molar-refractivity contribution is 0.0954. The monoisotopic (exact) mass is 404 g/mol. The minimum absolute atomic E-state index is 0.0958. The molecule has 1 heterocycles. The number of thioether (sulfide) groups is 1. The summed E-state index contributed by atoms with van der Waals surface area (Å²) in [5.74, 6) is 1.33. The Kier molecular flexibility index (Phi) is 5.76. The molecule has 2 N–H and O–H groups in total. The van der Waals surface area contributed by atoms with Crippen LogP contribution in [0.2, 0.25) is 0 Å². The number of hydrogen-bond donors (Lipinski definition) is 2. The van der Waals surface area contributed by atoms with Gasteiger partial charge in [0.15, 0.2) is 0 Å². The van der Waals surface area contributed by atoms with Gasteiger partial charge in [-0.05, 0) is 36.8 Å². The lowest BCUT2D eigenvalue weighted by atomic mass is 10.0. The third kappa shape index (κ3) is 3.96. The Labute approximate surface area is 174 Å². The summed E-state index contributed by atoms with van der Waals surface area (Å²) in [6.07, 6.45) is 0. The fourth-order valence-corrected chi connectivity index (χ4v) is 4.61. The average molecular weight is 405 g/mol. The van der Waals surface area contributed by atoms with E-state index < -0.39 is 0 Å². The summed E-state index contributed by atoms with van der Waals surface area (Å²) >= 11 is 1.76. The van der Waals surface area contributed by atoms with Crippen molar-refractivity contribution in [2.75, 3.05) is 18.9 Å². The van der Waals surface area contributed by atoms with Crippen LogP contribution in [0.25, 0.3) is 21.7 Å². The summed E-state index contributed by atoms with van der Waals surface area (Å²) in [5, 5.41) is 6.25. The van der Waals surface area contributed by atoms with Crippen LogP contribution in [0.15, 0.2) is 65.6 Å². The number of nitrogens with one attached hydrogen (secondary N) is 2. The van der Waals surface area contributed by atoms with Crippen LogP contribution in [0.5, 0.6) is 5.75 Å². The van der Waals surface area contributed by atoms with Gasteiger partial charge in [-0.1, -0.05) is 48.5 Å². The zero-order valence-corrected chi connectivity index (χ0v) is 17.4. The van der Waals surface area contributed by atoms with E-state index in [-0.39, 0.29) is 5.91 Å². The number of fused-ring (bicyclic) bond motifs is 2. The molecule has 1 aromatic heterocycles. The normalized spacial score (nSPS) is 11.1. The van der Waals surface area contributed by atoms with Crippen molar-refractivity contribution in [1.29, 1.82) is 0 Å². The molecule has 0 spiro atoms. The number of aromatic amines is 1. The minimum atomic E-state index is -0.0958. The molecule has 0 unspecified atom stereocenters. The second kappa shape index (κ2) is 8.62. The van der Waals surface area contributed by atoms with Crippen LogP contribution in [0.4, 0.5) is 0 Å². The largest absolute Gasteiger partial charge is 0.493 e. The van der Waals surface area contributed by atoms with Crippen LogP contribution >= 0.6 is 11.8 Å². The van der Waals surface area contributed by atoms with Crippen molar-refractivity contribution >= 4 is 39.3 Å². The lowest BCUT2D eigenvalue weighted by Gasteiger charge is -2.13. The van der Waals surface area contributed by atoms with Crippen LogP contribution < -0.4 is 10.1 Å². The minimum Gasteiger partial charge on any atom is -0.493 e. The summed E-state index contributed by atoms with van der Waals surface area (Å²) in [6.45, 7) is 5.12. The van der Waals surface area contributed by atoms with Crippen molar-refractivity contribution in [3.8, 4) is 5.75 Å². The molecule has 0 aliphatic rings. The second-order valence-corrected chi connectivity index (χ2v) is 7.93. The number of aromatic nitrogens is 1. The third-order valence-corrected chi connectivity index (χ3v) is 6.11. The number of hydrogen-bond acceptors (Lipinski definition) is 3. The Hall–Kier alpha value is -2.92. The number of aryl methyl sites for hydroxylation is 1. The molecule has 0 bridgehead atoms. The molecule has 0 aliphatic carbocycles. The van der Waals surface area contributed by atoms with Crippen molar-refractivity contribution in [3.63, 3.8) is 0 Å². The Balaban J connectivity index is 1.47. The van der Waals surface area contributed by atoms with E-state index in [0.717, 1.165) is 27.7 Å². The molecule has 148 valence electrons. The summed E-state index contributed by atoms with van der Waals surface area (Å²) in [6, 6.07) is 20.1. The molecule has 0 aliphatic heterocycles. The maximum absolute atomic E-state index is 13.0. The zero-order chi connectivity index (χ0) is 20.2. The van der Waals surface area contributed by atoms with Gasteiger partial charge in [-0.15, -0.1) is 11.8 Å². The van der Waals surface area contributed by atoms with Gasteiger partial charge < -0.3 is 15.0 Å². The van der Waals surface area contributed by atoms with Crippen LogP contribution in [0.1, 0.15) is 23.0 Å². The first-order chi connectivity index (χ1) is 14.2. The van der Waals surface area contributed by atoms with Gasteiger partial charge in [0.05, 0.1) is 12.2 Å². The summed E-state index contributed by atoms with van der Waals surface area (Å²) in [4.78, 5) is 17.7. The second-order valence-electron chi connectivity index (χ2n) is 6.82. The predicted octanol–water partition coefficient (Wildman–Crippen LogP) is 5.55. The first kappa shape index (κ1) is 19.4. The number of para-hydroxylation sites is 1. The first-order valence-corrected chi connectivity index (χ1v) is 10.8. The number of carbonyl (C=O) groups is 1. The van der Waals surface area contributed by atoms with Gasteiger partial charge in [-0.25, -0.2) is 0 Å². The number of amides is 1. The Bertz CT molecular complexity index is 1170. The van der Waals surface area contributed by atoms with Crippen molar-refractivity contribution in [3.05, 3.63) is 71.9 Å². The Morgan fingerprint density at radius 1 is 1.03 bits per heavy atom. The smallest absolute Gasteiger partial charge is 0.255 e. The van der Waals surface area contributed by atoms with Gasteiger partial charge in [0.2, 0.25) is 0 Å². The van der Waals surface area contributed by atoms with Crippen LogP contribution in [0.3, 0.4) is 0 Å². The standard InChI is InChI=1S/C24H24N2O2S/c1-3-28-21-13-12-17-8-4-5-9-18(17)22(21)24(27)25-14-15-29-23-16(2)26-20-11-7-6-10-19(20)23/h4-13,26H,3,14-15H2,1-2H3,(H,25,27). The van der Waals surface area contributed by atoms with Crippen LogP contribution in [-0.4, -0.2) is 29.8 Å². The summed E-state index contributed by atoms with van der Waals surface area (Å²) in [5.41, 5.74) is 2.92.